The Kier molecular flexibility index (Phi) is 13.3. The highest BCUT2D eigenvalue weighted by atomic mass is 16.6. The van der Waals surface area contributed by atoms with Crippen LogP contribution in [0.5, 0.6) is 5.88 Å². The molecule has 0 aromatic carbocycles. The SMILES string of the molecule is CCCCCC1CCC(c2nc3c(C(=O)OC4C(C5CCCCC5)CC(C5CCCCC5)CC4C4CCCCC4)c(C#N)c(OC(=O)N(C)C)n3[nH]2)CC1. The van der Waals surface area contributed by atoms with Crippen molar-refractivity contribution >= 4 is 17.7 Å². The molecule has 0 radical (unpaired) electrons. The first-order valence-electron chi connectivity index (χ1n) is 22.5. The molecule has 1 N–H and O–H groups in total. The number of nitriles is 1. The fourth-order valence-corrected chi connectivity index (χ4v) is 11.9. The van der Waals surface area contributed by atoms with E-state index >= 15 is 0 Å². The number of carbonyl (C=O) groups is 2. The Balaban J connectivity index is 1.22. The molecule has 298 valence electrons. The van der Waals surface area contributed by atoms with Crippen molar-refractivity contribution in [2.24, 2.45) is 41.4 Å². The summed E-state index contributed by atoms with van der Waals surface area (Å²) in [5.41, 5.74) is 0.519. The third-order valence-electron chi connectivity index (χ3n) is 14.9. The number of amides is 1. The smallest absolute Gasteiger partial charge is 0.416 e. The molecule has 7 rings (SSSR count). The fourth-order valence-electron chi connectivity index (χ4n) is 11.9. The third kappa shape index (κ3) is 8.68. The van der Waals surface area contributed by atoms with E-state index in [4.69, 9.17) is 14.5 Å². The highest BCUT2D eigenvalue weighted by Gasteiger charge is 2.48. The first kappa shape index (κ1) is 39.2. The van der Waals surface area contributed by atoms with Crippen LogP contribution in [0.15, 0.2) is 0 Å². The lowest BCUT2D eigenvalue weighted by Gasteiger charge is -2.50. The Bertz CT molecular complexity index is 1550. The maximum absolute atomic E-state index is 14.9. The lowest BCUT2D eigenvalue weighted by molar-refractivity contribution is -0.0855. The van der Waals surface area contributed by atoms with E-state index in [2.05, 4.69) is 18.1 Å². The molecule has 5 aliphatic rings. The van der Waals surface area contributed by atoms with E-state index in [0.29, 0.717) is 35.2 Å². The van der Waals surface area contributed by atoms with Crippen molar-refractivity contribution in [2.75, 3.05) is 14.1 Å². The first-order valence-corrected chi connectivity index (χ1v) is 22.5. The predicted molar refractivity (Wildman–Crippen MR) is 211 cm³/mol. The maximum atomic E-state index is 14.9. The number of hydrogen-bond acceptors (Lipinski definition) is 6. The number of fused-ring (bicyclic) bond motifs is 1. The zero-order chi connectivity index (χ0) is 37.6. The van der Waals surface area contributed by atoms with Gasteiger partial charge in [0.1, 0.15) is 29.1 Å². The summed E-state index contributed by atoms with van der Waals surface area (Å²) in [5, 5.41) is 14.0. The summed E-state index contributed by atoms with van der Waals surface area (Å²) >= 11 is 0. The van der Waals surface area contributed by atoms with Gasteiger partial charge in [-0.1, -0.05) is 129 Å². The Labute approximate surface area is 324 Å². The average Bonchev–Trinajstić information content (AvgIpc) is 3.76. The number of carbonyl (C=O) groups excluding carboxylic acids is 2. The highest BCUT2D eigenvalue weighted by Crippen LogP contribution is 2.52. The molecule has 2 aromatic heterocycles. The van der Waals surface area contributed by atoms with Crippen LogP contribution in [-0.2, 0) is 4.74 Å². The number of nitrogens with zero attached hydrogens (tertiary/aromatic N) is 4. The Morgan fingerprint density at radius 1 is 0.796 bits per heavy atom. The first-order chi connectivity index (χ1) is 26.4. The van der Waals surface area contributed by atoms with Crippen LogP contribution in [0.1, 0.15) is 195 Å². The molecule has 54 heavy (non-hydrogen) atoms. The number of nitrogens with one attached hydrogen (secondary N) is 1. The molecular weight excluding hydrogens is 675 g/mol. The average molecular weight is 744 g/mol. The van der Waals surface area contributed by atoms with Gasteiger partial charge in [0.15, 0.2) is 5.65 Å². The molecule has 0 spiro atoms. The minimum absolute atomic E-state index is 0.0267. The predicted octanol–water partition coefficient (Wildman–Crippen LogP) is 11.4. The lowest BCUT2D eigenvalue weighted by Crippen LogP contribution is -2.48. The quantitative estimate of drug-likeness (QED) is 0.181. The summed E-state index contributed by atoms with van der Waals surface area (Å²) in [6.07, 6.45) is 30.4. The van der Waals surface area contributed by atoms with Crippen LogP contribution >= 0.6 is 0 Å². The van der Waals surface area contributed by atoms with E-state index in [-0.39, 0.29) is 29.0 Å². The summed E-state index contributed by atoms with van der Waals surface area (Å²) in [6.45, 7) is 2.26. The van der Waals surface area contributed by atoms with Gasteiger partial charge in [-0.2, -0.15) is 5.26 Å². The van der Waals surface area contributed by atoms with Gasteiger partial charge < -0.3 is 14.4 Å². The summed E-state index contributed by atoms with van der Waals surface area (Å²) in [5.74, 6) is 4.67. The number of esters is 1. The van der Waals surface area contributed by atoms with E-state index in [1.807, 2.05) is 0 Å². The standard InChI is InChI=1S/C45H69N5O4/c1-4-5-9-16-30-23-25-34(26-24-30)41-47-42-39(38(29-46)43(50(42)48-41)54-45(52)49(2)3)44(51)53-40-36(32-19-12-7-13-20-32)27-35(31-17-10-6-11-18-31)28-37(40)33-21-14-8-15-22-33/h30-37,40H,4-28H2,1-3H3,(H,47,48). The zero-order valence-corrected chi connectivity index (χ0v) is 33.8. The minimum atomic E-state index is -0.606. The maximum Gasteiger partial charge on any atom is 0.416 e. The second-order valence-electron chi connectivity index (χ2n) is 18.5. The zero-order valence-electron chi connectivity index (χ0n) is 33.8. The van der Waals surface area contributed by atoms with Crippen LogP contribution in [0.2, 0.25) is 0 Å². The minimum Gasteiger partial charge on any atom is -0.458 e. The number of unbranched alkanes of at least 4 members (excludes halogenated alkanes) is 2. The van der Waals surface area contributed by atoms with Crippen molar-refractivity contribution in [2.45, 2.75) is 179 Å². The molecule has 1 amide bonds. The Hall–Kier alpha value is -3.02. The molecule has 5 aliphatic carbocycles. The highest BCUT2D eigenvalue weighted by molar-refractivity contribution is 6.00. The van der Waals surface area contributed by atoms with Gasteiger partial charge in [0.05, 0.1) is 0 Å². The number of ether oxygens (including phenoxy) is 2. The van der Waals surface area contributed by atoms with Gasteiger partial charge in [-0.25, -0.2) is 19.1 Å². The van der Waals surface area contributed by atoms with Crippen LogP contribution in [0, 0.1) is 52.8 Å². The number of rotatable bonds is 11. The largest absolute Gasteiger partial charge is 0.458 e. The number of hydrogen-bond donors (Lipinski definition) is 1. The molecule has 9 nitrogen and oxygen atoms in total. The van der Waals surface area contributed by atoms with Crippen molar-refractivity contribution in [3.05, 3.63) is 17.0 Å². The van der Waals surface area contributed by atoms with Crippen molar-refractivity contribution in [1.29, 1.82) is 5.26 Å². The van der Waals surface area contributed by atoms with Crippen LogP contribution in [-0.4, -0.2) is 51.8 Å². The van der Waals surface area contributed by atoms with Gasteiger partial charge in [-0.3, -0.25) is 5.10 Å². The molecular formula is C45H69N5O4. The Morgan fingerprint density at radius 2 is 1.37 bits per heavy atom. The van der Waals surface area contributed by atoms with Gasteiger partial charge in [-0.05, 0) is 80.0 Å². The van der Waals surface area contributed by atoms with Crippen molar-refractivity contribution < 1.29 is 19.1 Å². The van der Waals surface area contributed by atoms with Crippen molar-refractivity contribution in [1.82, 2.24) is 19.5 Å². The van der Waals surface area contributed by atoms with E-state index in [9.17, 15) is 14.9 Å². The van der Waals surface area contributed by atoms with Gasteiger partial charge in [0.25, 0.3) is 0 Å². The summed E-state index contributed by atoms with van der Waals surface area (Å²) < 4.78 is 14.4. The van der Waals surface area contributed by atoms with E-state index in [1.165, 1.54) is 140 Å². The number of aromatic amines is 1. The van der Waals surface area contributed by atoms with E-state index in [0.717, 1.165) is 43.3 Å². The molecule has 0 bridgehead atoms. The molecule has 9 heteroatoms. The molecule has 0 saturated heterocycles. The van der Waals surface area contributed by atoms with Crippen molar-refractivity contribution in [3.63, 3.8) is 0 Å². The van der Waals surface area contributed by atoms with Crippen LogP contribution in [0.3, 0.4) is 0 Å². The second kappa shape index (κ2) is 18.3. The van der Waals surface area contributed by atoms with Gasteiger partial charge in [-0.15, -0.1) is 0 Å². The molecule has 2 atom stereocenters. The van der Waals surface area contributed by atoms with Crippen molar-refractivity contribution in [3.8, 4) is 11.9 Å². The molecule has 2 unspecified atom stereocenters. The van der Waals surface area contributed by atoms with Gasteiger partial charge >= 0.3 is 12.1 Å². The third-order valence-corrected chi connectivity index (χ3v) is 14.9. The number of H-pyrrole nitrogens is 1. The fraction of sp³-hybridized carbons (Fsp3) is 0.822. The molecule has 5 saturated carbocycles. The van der Waals surface area contributed by atoms with Crippen LogP contribution in [0.25, 0.3) is 5.65 Å². The summed E-state index contributed by atoms with van der Waals surface area (Å²) in [7, 11) is 3.23. The summed E-state index contributed by atoms with van der Waals surface area (Å²) in [4.78, 5) is 34.4. The van der Waals surface area contributed by atoms with E-state index in [1.54, 1.807) is 18.6 Å². The van der Waals surface area contributed by atoms with E-state index < -0.39 is 12.1 Å². The number of aromatic nitrogens is 3. The van der Waals surface area contributed by atoms with Gasteiger partial charge in [0, 0.05) is 20.0 Å². The monoisotopic (exact) mass is 744 g/mol. The van der Waals surface area contributed by atoms with Crippen LogP contribution in [0.4, 0.5) is 4.79 Å². The Morgan fingerprint density at radius 3 is 1.91 bits per heavy atom. The lowest BCUT2D eigenvalue weighted by atomic mass is 9.58. The summed E-state index contributed by atoms with van der Waals surface area (Å²) in [6, 6.07) is 2.25. The second-order valence-corrected chi connectivity index (χ2v) is 18.5. The normalized spacial score (nSPS) is 29.1. The van der Waals surface area contributed by atoms with Crippen LogP contribution < -0.4 is 4.74 Å². The molecule has 2 heterocycles. The van der Waals surface area contributed by atoms with Gasteiger partial charge in [0.2, 0.25) is 5.88 Å². The molecule has 5 fully saturated rings. The topological polar surface area (TPSA) is 113 Å². The molecule has 2 aromatic rings. The molecule has 0 aliphatic heterocycles.